The van der Waals surface area contributed by atoms with Gasteiger partial charge in [0.05, 0.1) is 0 Å². The summed E-state index contributed by atoms with van der Waals surface area (Å²) in [7, 11) is 0. The molecule has 0 aliphatic carbocycles. The van der Waals surface area contributed by atoms with Crippen LogP contribution in [0.4, 0.5) is 0 Å². The Morgan fingerprint density at radius 1 is 0.250 bits per heavy atom. The van der Waals surface area contributed by atoms with Crippen LogP contribution in [-0.4, -0.2) is 37.2 Å². The molecule has 0 radical (unpaired) electrons. The molecule has 0 aromatic carbocycles. The Labute approximate surface area is 497 Å². The number of hydrogen-bond acceptors (Lipinski definition) is 6. The van der Waals surface area contributed by atoms with Crippen molar-refractivity contribution in [2.75, 3.05) is 13.2 Å². The molecule has 0 aromatic rings. The number of allylic oxidation sites excluding steroid dienone is 12. The summed E-state index contributed by atoms with van der Waals surface area (Å²) in [6.07, 6.45) is 89.3. The van der Waals surface area contributed by atoms with Crippen molar-refractivity contribution >= 4 is 17.9 Å². The first-order chi connectivity index (χ1) is 39.5. The Morgan fingerprint density at radius 3 is 0.750 bits per heavy atom. The van der Waals surface area contributed by atoms with E-state index in [1.165, 1.54) is 231 Å². The third-order valence-corrected chi connectivity index (χ3v) is 15.4. The molecule has 0 bridgehead atoms. The van der Waals surface area contributed by atoms with Crippen LogP contribution < -0.4 is 0 Å². The Morgan fingerprint density at radius 2 is 0.463 bits per heavy atom. The van der Waals surface area contributed by atoms with E-state index in [-0.39, 0.29) is 31.1 Å². The van der Waals surface area contributed by atoms with Gasteiger partial charge in [-0.15, -0.1) is 0 Å². The van der Waals surface area contributed by atoms with Gasteiger partial charge in [0, 0.05) is 19.3 Å². The molecule has 464 valence electrons. The maximum atomic E-state index is 12.9. The van der Waals surface area contributed by atoms with Crippen LogP contribution in [0.2, 0.25) is 0 Å². The summed E-state index contributed by atoms with van der Waals surface area (Å²) in [6.45, 7) is 6.60. The van der Waals surface area contributed by atoms with Gasteiger partial charge in [-0.1, -0.05) is 306 Å². The summed E-state index contributed by atoms with van der Waals surface area (Å²) in [5.74, 6) is -0.879. The molecule has 0 amide bonds. The van der Waals surface area contributed by atoms with Gasteiger partial charge >= 0.3 is 17.9 Å². The predicted octanol–water partition coefficient (Wildman–Crippen LogP) is 24.1. The summed E-state index contributed by atoms with van der Waals surface area (Å²) in [5.41, 5.74) is 0. The molecule has 0 spiro atoms. The van der Waals surface area contributed by atoms with Gasteiger partial charge in [0.25, 0.3) is 0 Å². The number of hydrogen-bond donors (Lipinski definition) is 0. The van der Waals surface area contributed by atoms with E-state index < -0.39 is 6.10 Å². The van der Waals surface area contributed by atoms with E-state index in [0.29, 0.717) is 19.3 Å². The van der Waals surface area contributed by atoms with Crippen molar-refractivity contribution in [2.45, 2.75) is 367 Å². The second kappa shape index (κ2) is 68.3. The summed E-state index contributed by atoms with van der Waals surface area (Å²) < 4.78 is 17.0. The molecule has 6 heteroatoms. The monoisotopic (exact) mass is 1120 g/mol. The molecule has 0 aromatic heterocycles. The number of rotatable bonds is 64. The molecule has 0 heterocycles. The fourth-order valence-corrected chi connectivity index (χ4v) is 10.1. The van der Waals surface area contributed by atoms with Gasteiger partial charge in [0.1, 0.15) is 13.2 Å². The minimum atomic E-state index is -0.784. The van der Waals surface area contributed by atoms with Crippen molar-refractivity contribution < 1.29 is 28.6 Å². The molecular weight excluding hydrogens is 985 g/mol. The first-order valence-corrected chi connectivity index (χ1v) is 34.9. The zero-order chi connectivity index (χ0) is 57.8. The van der Waals surface area contributed by atoms with Gasteiger partial charge in [-0.3, -0.25) is 14.4 Å². The lowest BCUT2D eigenvalue weighted by molar-refractivity contribution is -0.167. The maximum Gasteiger partial charge on any atom is 0.306 e. The van der Waals surface area contributed by atoms with Gasteiger partial charge in [0.2, 0.25) is 0 Å². The normalized spacial score (nSPS) is 12.5. The van der Waals surface area contributed by atoms with Crippen LogP contribution in [0.5, 0.6) is 0 Å². The molecular formula is C74H132O6. The number of carbonyl (C=O) groups is 3. The third-order valence-electron chi connectivity index (χ3n) is 15.4. The van der Waals surface area contributed by atoms with E-state index in [1.54, 1.807) is 0 Å². The number of esters is 3. The minimum Gasteiger partial charge on any atom is -0.462 e. The van der Waals surface area contributed by atoms with Crippen molar-refractivity contribution in [3.8, 4) is 0 Å². The van der Waals surface area contributed by atoms with Crippen LogP contribution in [0.15, 0.2) is 72.9 Å². The zero-order valence-corrected chi connectivity index (χ0v) is 53.3. The fraction of sp³-hybridized carbons (Fsp3) is 0.797. The van der Waals surface area contributed by atoms with Crippen LogP contribution in [0.3, 0.4) is 0 Å². The van der Waals surface area contributed by atoms with Gasteiger partial charge in [0.15, 0.2) is 6.10 Å². The van der Waals surface area contributed by atoms with E-state index in [9.17, 15) is 14.4 Å². The van der Waals surface area contributed by atoms with Gasteiger partial charge < -0.3 is 14.2 Å². The quantitative estimate of drug-likeness (QED) is 0.0261. The van der Waals surface area contributed by atoms with E-state index >= 15 is 0 Å². The maximum absolute atomic E-state index is 12.9. The lowest BCUT2D eigenvalue weighted by Crippen LogP contribution is -2.30. The average molecular weight is 1120 g/mol. The van der Waals surface area contributed by atoms with Crippen LogP contribution in [0, 0.1) is 0 Å². The second-order valence-electron chi connectivity index (χ2n) is 23.4. The first kappa shape index (κ1) is 76.9. The van der Waals surface area contributed by atoms with Crippen LogP contribution >= 0.6 is 0 Å². The van der Waals surface area contributed by atoms with Crippen molar-refractivity contribution in [3.63, 3.8) is 0 Å². The summed E-state index contributed by atoms with van der Waals surface area (Å²) in [4.78, 5) is 38.4. The lowest BCUT2D eigenvalue weighted by Gasteiger charge is -2.18. The van der Waals surface area contributed by atoms with E-state index in [1.807, 2.05) is 0 Å². The molecule has 0 aliphatic heterocycles. The molecule has 1 unspecified atom stereocenters. The third kappa shape index (κ3) is 65.7. The first-order valence-electron chi connectivity index (χ1n) is 34.9. The lowest BCUT2D eigenvalue weighted by atomic mass is 10.0. The number of unbranched alkanes of at least 4 members (excludes halogenated alkanes) is 41. The van der Waals surface area contributed by atoms with Gasteiger partial charge in [-0.25, -0.2) is 0 Å². The SMILES string of the molecule is CCCC/C=C\C/C=C\CCCCCCCC(=O)OCC(COC(=O)CCCCCCCCCCCCCCCCCCC/C=C\C/C=C\CCCCCCC)OC(=O)CCCCCCCCCCC/C=C\C/C=C\CCCCC. The van der Waals surface area contributed by atoms with Gasteiger partial charge in [-0.2, -0.15) is 0 Å². The second-order valence-corrected chi connectivity index (χ2v) is 23.4. The fourth-order valence-electron chi connectivity index (χ4n) is 10.1. The number of ether oxygens (including phenoxy) is 3. The predicted molar refractivity (Wildman–Crippen MR) is 348 cm³/mol. The summed E-state index contributed by atoms with van der Waals surface area (Å²) >= 11 is 0. The minimum absolute atomic E-state index is 0.0788. The highest BCUT2D eigenvalue weighted by molar-refractivity contribution is 5.71. The molecule has 80 heavy (non-hydrogen) atoms. The van der Waals surface area contributed by atoms with E-state index in [4.69, 9.17) is 14.2 Å². The Balaban J connectivity index is 4.24. The number of carbonyl (C=O) groups excluding carboxylic acids is 3. The molecule has 6 nitrogen and oxygen atoms in total. The average Bonchev–Trinajstić information content (AvgIpc) is 3.46. The molecule has 0 aliphatic rings. The Kier molecular flexibility index (Phi) is 65.7. The summed E-state index contributed by atoms with van der Waals surface area (Å²) in [5, 5.41) is 0. The highest BCUT2D eigenvalue weighted by Crippen LogP contribution is 2.17. The Bertz CT molecular complexity index is 1470. The summed E-state index contributed by atoms with van der Waals surface area (Å²) in [6, 6.07) is 0. The van der Waals surface area contributed by atoms with Gasteiger partial charge in [-0.05, 0) is 109 Å². The van der Waals surface area contributed by atoms with Crippen molar-refractivity contribution in [3.05, 3.63) is 72.9 Å². The highest BCUT2D eigenvalue weighted by Gasteiger charge is 2.19. The smallest absolute Gasteiger partial charge is 0.306 e. The van der Waals surface area contributed by atoms with E-state index in [2.05, 4.69) is 93.7 Å². The molecule has 1 atom stereocenters. The van der Waals surface area contributed by atoms with E-state index in [0.717, 1.165) is 89.9 Å². The van der Waals surface area contributed by atoms with Crippen LogP contribution in [0.1, 0.15) is 361 Å². The van der Waals surface area contributed by atoms with Crippen LogP contribution in [0.25, 0.3) is 0 Å². The standard InChI is InChI=1S/C74H132O6/c1-4-7-10-13-16-19-22-25-28-30-32-33-34-35-36-37-38-39-40-41-43-44-46-49-52-55-58-61-64-67-73(76)79-70-71(69-78-72(75)66-63-60-57-54-51-48-27-24-21-18-15-12-9-6-3)80-74(77)68-65-62-59-56-53-50-47-45-42-31-29-26-23-20-17-14-11-8-5-2/h15,17-18,20,22,24-27,29-30,32,71H,4-14,16,19,21,23,28,31,33-70H2,1-3H3/b18-15-,20-17-,25-22-,27-24-,29-26-,32-30-. The molecule has 0 N–H and O–H groups in total. The highest BCUT2D eigenvalue weighted by atomic mass is 16.6. The van der Waals surface area contributed by atoms with Crippen molar-refractivity contribution in [1.82, 2.24) is 0 Å². The largest absolute Gasteiger partial charge is 0.462 e. The van der Waals surface area contributed by atoms with Crippen molar-refractivity contribution in [2.24, 2.45) is 0 Å². The molecule has 0 fully saturated rings. The van der Waals surface area contributed by atoms with Crippen molar-refractivity contribution in [1.29, 1.82) is 0 Å². The van der Waals surface area contributed by atoms with Crippen LogP contribution in [-0.2, 0) is 28.6 Å². The molecule has 0 saturated carbocycles. The molecule has 0 rings (SSSR count). The topological polar surface area (TPSA) is 78.9 Å². The zero-order valence-electron chi connectivity index (χ0n) is 53.3. The Hall–Kier alpha value is -3.15. The molecule has 0 saturated heterocycles.